The smallest absolute Gasteiger partial charge is 0.179 e. The highest BCUT2D eigenvalue weighted by molar-refractivity contribution is 7.71. The van der Waals surface area contributed by atoms with Gasteiger partial charge in [-0.05, 0) is 30.8 Å². The molecule has 0 saturated carbocycles. The van der Waals surface area contributed by atoms with Gasteiger partial charge in [0.05, 0.1) is 12.0 Å². The van der Waals surface area contributed by atoms with E-state index in [-0.39, 0.29) is 0 Å². The third-order valence-electron chi connectivity index (χ3n) is 3.32. The van der Waals surface area contributed by atoms with Crippen molar-refractivity contribution in [3.8, 4) is 0 Å². The lowest BCUT2D eigenvalue weighted by Gasteiger charge is -2.03. The molecular formula is C13H16N4OS. The monoisotopic (exact) mass is 276 g/mol. The van der Waals surface area contributed by atoms with E-state index in [2.05, 4.69) is 21.6 Å². The summed E-state index contributed by atoms with van der Waals surface area (Å²) in [6.45, 7) is 2.88. The maximum absolute atomic E-state index is 5.40. The molecule has 0 unspecified atom stereocenters. The van der Waals surface area contributed by atoms with Crippen molar-refractivity contribution in [1.29, 1.82) is 0 Å². The second-order valence-corrected chi connectivity index (χ2v) is 4.92. The number of imidazole rings is 1. The Kier molecular flexibility index (Phi) is 3.02. The minimum absolute atomic E-state index is 0.740. The molecule has 100 valence electrons. The minimum atomic E-state index is 0.740. The van der Waals surface area contributed by atoms with E-state index < -0.39 is 0 Å². The SMILES string of the molecule is CCc1nn(C)c2c1[nH]c(=S)n2CCc1ccco1. The first-order valence-electron chi connectivity index (χ1n) is 6.37. The first-order valence-corrected chi connectivity index (χ1v) is 6.78. The van der Waals surface area contributed by atoms with Crippen LogP contribution in [0.1, 0.15) is 18.4 Å². The van der Waals surface area contributed by atoms with Crippen LogP contribution in [0.4, 0.5) is 0 Å². The number of aromatic amines is 1. The first kappa shape index (κ1) is 12.2. The molecule has 19 heavy (non-hydrogen) atoms. The molecule has 0 fully saturated rings. The summed E-state index contributed by atoms with van der Waals surface area (Å²) in [4.78, 5) is 3.26. The quantitative estimate of drug-likeness (QED) is 0.745. The Morgan fingerprint density at radius 3 is 3.00 bits per heavy atom. The number of hydrogen-bond donors (Lipinski definition) is 1. The molecule has 0 radical (unpaired) electrons. The molecule has 3 aromatic heterocycles. The van der Waals surface area contributed by atoms with Crippen molar-refractivity contribution in [3.63, 3.8) is 0 Å². The average molecular weight is 276 g/mol. The van der Waals surface area contributed by atoms with Crippen LogP contribution in [0.25, 0.3) is 11.2 Å². The van der Waals surface area contributed by atoms with Crippen LogP contribution in [0, 0.1) is 4.77 Å². The van der Waals surface area contributed by atoms with E-state index in [0.29, 0.717) is 0 Å². The fourth-order valence-corrected chi connectivity index (χ4v) is 2.69. The molecule has 0 amide bonds. The second-order valence-electron chi connectivity index (χ2n) is 4.53. The van der Waals surface area contributed by atoms with Crippen molar-refractivity contribution in [2.75, 3.05) is 0 Å². The fraction of sp³-hybridized carbons (Fsp3) is 0.385. The number of aryl methyl sites for hydroxylation is 4. The number of aromatic nitrogens is 4. The summed E-state index contributed by atoms with van der Waals surface area (Å²) < 4.78 is 10.1. The molecule has 0 saturated heterocycles. The maximum atomic E-state index is 5.40. The summed E-state index contributed by atoms with van der Waals surface area (Å²) in [5, 5.41) is 4.51. The predicted octanol–water partition coefficient (Wildman–Crippen LogP) is 2.83. The van der Waals surface area contributed by atoms with E-state index in [9.17, 15) is 0 Å². The minimum Gasteiger partial charge on any atom is -0.469 e. The van der Waals surface area contributed by atoms with Gasteiger partial charge in [-0.3, -0.25) is 4.68 Å². The zero-order chi connectivity index (χ0) is 13.4. The van der Waals surface area contributed by atoms with Crippen molar-refractivity contribution in [1.82, 2.24) is 19.3 Å². The number of furan rings is 1. The molecule has 3 rings (SSSR count). The van der Waals surface area contributed by atoms with Gasteiger partial charge in [0.15, 0.2) is 10.4 Å². The van der Waals surface area contributed by atoms with Gasteiger partial charge in [0, 0.05) is 20.0 Å². The van der Waals surface area contributed by atoms with Gasteiger partial charge in [-0.1, -0.05) is 6.92 Å². The Bertz CT molecular complexity index is 748. The Morgan fingerprint density at radius 2 is 2.32 bits per heavy atom. The Hall–Kier alpha value is -1.82. The number of nitrogens with zero attached hydrogens (tertiary/aromatic N) is 3. The van der Waals surface area contributed by atoms with Crippen LogP contribution >= 0.6 is 12.2 Å². The number of nitrogens with one attached hydrogen (secondary N) is 1. The standard InChI is InChI=1S/C13H16N4OS/c1-3-10-11-12(16(2)15-10)17(13(19)14-11)7-6-9-5-4-8-18-9/h4-5,8H,3,6-7H2,1-2H3,(H,14,19). The van der Waals surface area contributed by atoms with Gasteiger partial charge in [0.1, 0.15) is 11.3 Å². The molecule has 0 bridgehead atoms. The lowest BCUT2D eigenvalue weighted by Crippen LogP contribution is -2.05. The number of H-pyrrole nitrogens is 1. The molecule has 0 aromatic carbocycles. The summed E-state index contributed by atoms with van der Waals surface area (Å²) >= 11 is 5.40. The highest BCUT2D eigenvalue weighted by atomic mass is 32.1. The highest BCUT2D eigenvalue weighted by Gasteiger charge is 2.14. The summed E-state index contributed by atoms with van der Waals surface area (Å²) in [7, 11) is 1.95. The van der Waals surface area contributed by atoms with Crippen LogP contribution in [-0.4, -0.2) is 19.3 Å². The average Bonchev–Trinajstić information content (AvgIpc) is 3.06. The zero-order valence-corrected chi connectivity index (χ0v) is 11.8. The largest absolute Gasteiger partial charge is 0.469 e. The topological polar surface area (TPSA) is 51.7 Å². The van der Waals surface area contributed by atoms with Gasteiger partial charge >= 0.3 is 0 Å². The van der Waals surface area contributed by atoms with Gasteiger partial charge in [0.2, 0.25) is 0 Å². The Balaban J connectivity index is 2.00. The van der Waals surface area contributed by atoms with Crippen molar-refractivity contribution < 1.29 is 4.42 Å². The van der Waals surface area contributed by atoms with Crippen LogP contribution in [0.5, 0.6) is 0 Å². The van der Waals surface area contributed by atoms with E-state index in [1.54, 1.807) is 6.26 Å². The Morgan fingerprint density at radius 1 is 1.47 bits per heavy atom. The van der Waals surface area contributed by atoms with Crippen molar-refractivity contribution in [2.24, 2.45) is 7.05 Å². The van der Waals surface area contributed by atoms with Gasteiger partial charge < -0.3 is 14.0 Å². The van der Waals surface area contributed by atoms with Crippen molar-refractivity contribution in [2.45, 2.75) is 26.3 Å². The first-order chi connectivity index (χ1) is 9.20. The lowest BCUT2D eigenvalue weighted by atomic mass is 10.3. The molecule has 3 aromatic rings. The molecule has 1 N–H and O–H groups in total. The van der Waals surface area contributed by atoms with Crippen LogP contribution in [0.2, 0.25) is 0 Å². The lowest BCUT2D eigenvalue weighted by molar-refractivity contribution is 0.490. The molecule has 0 aliphatic rings. The third kappa shape index (κ3) is 2.02. The van der Waals surface area contributed by atoms with Gasteiger partial charge in [-0.25, -0.2) is 0 Å². The maximum Gasteiger partial charge on any atom is 0.179 e. The van der Waals surface area contributed by atoms with Crippen molar-refractivity contribution in [3.05, 3.63) is 34.6 Å². The normalized spacial score (nSPS) is 11.5. The molecule has 0 aliphatic carbocycles. The highest BCUT2D eigenvalue weighted by Crippen LogP contribution is 2.18. The number of hydrogen-bond acceptors (Lipinski definition) is 3. The fourth-order valence-electron chi connectivity index (χ4n) is 2.41. The van der Waals surface area contributed by atoms with Crippen LogP contribution < -0.4 is 0 Å². The summed E-state index contributed by atoms with van der Waals surface area (Å²) in [6, 6.07) is 3.88. The van der Waals surface area contributed by atoms with E-state index >= 15 is 0 Å². The van der Waals surface area contributed by atoms with Crippen LogP contribution in [0.3, 0.4) is 0 Å². The molecule has 5 nitrogen and oxygen atoms in total. The predicted molar refractivity (Wildman–Crippen MR) is 75.7 cm³/mol. The summed E-state index contributed by atoms with van der Waals surface area (Å²) in [6.07, 6.45) is 3.41. The molecule has 0 atom stereocenters. The molecule has 6 heteroatoms. The zero-order valence-electron chi connectivity index (χ0n) is 11.0. The summed E-state index contributed by atoms with van der Waals surface area (Å²) in [5.74, 6) is 0.967. The second kappa shape index (κ2) is 4.70. The van der Waals surface area contributed by atoms with Gasteiger partial charge in [-0.15, -0.1) is 0 Å². The molecule has 3 heterocycles. The van der Waals surface area contributed by atoms with Crippen molar-refractivity contribution >= 4 is 23.4 Å². The Labute approximate surface area is 115 Å². The van der Waals surface area contributed by atoms with E-state index in [0.717, 1.165) is 46.8 Å². The van der Waals surface area contributed by atoms with E-state index in [1.807, 2.05) is 23.9 Å². The molecular weight excluding hydrogens is 260 g/mol. The summed E-state index contributed by atoms with van der Waals surface area (Å²) in [5.41, 5.74) is 3.16. The third-order valence-corrected chi connectivity index (χ3v) is 3.64. The van der Waals surface area contributed by atoms with Gasteiger partial charge in [0.25, 0.3) is 0 Å². The van der Waals surface area contributed by atoms with Crippen LogP contribution in [-0.2, 0) is 26.4 Å². The number of rotatable bonds is 4. The van der Waals surface area contributed by atoms with E-state index in [4.69, 9.17) is 16.6 Å². The number of fused-ring (bicyclic) bond motifs is 1. The van der Waals surface area contributed by atoms with E-state index in [1.165, 1.54) is 0 Å². The molecule has 0 spiro atoms. The molecule has 0 aliphatic heterocycles. The van der Waals surface area contributed by atoms with Gasteiger partial charge in [-0.2, -0.15) is 5.10 Å². The van der Waals surface area contributed by atoms with Crippen LogP contribution in [0.15, 0.2) is 22.8 Å².